The van der Waals surface area contributed by atoms with Crippen LogP contribution in [0.15, 0.2) is 29.2 Å². The van der Waals surface area contributed by atoms with Gasteiger partial charge in [0.2, 0.25) is 10.0 Å². The van der Waals surface area contributed by atoms with E-state index >= 15 is 0 Å². The van der Waals surface area contributed by atoms with Crippen molar-refractivity contribution in [1.82, 2.24) is 4.31 Å². The van der Waals surface area contributed by atoms with Gasteiger partial charge in [-0.15, -0.1) is 5.92 Å². The van der Waals surface area contributed by atoms with Crippen LogP contribution >= 0.6 is 11.8 Å². The van der Waals surface area contributed by atoms with Crippen LogP contribution in [0.2, 0.25) is 0 Å². The van der Waals surface area contributed by atoms with Gasteiger partial charge < -0.3 is 9.84 Å². The maximum atomic E-state index is 13.2. The summed E-state index contributed by atoms with van der Waals surface area (Å²) in [6.45, 7) is 7.18. The van der Waals surface area contributed by atoms with Gasteiger partial charge in [0, 0.05) is 16.5 Å². The molecule has 0 spiro atoms. The SMILES string of the molecule is CC#CCOc1ccc(S(=O)(=O)N2[C@@H](C(=O)O)C(C)(C)SC[C@@H]2C)cc1. The maximum Gasteiger partial charge on any atom is 0.323 e. The molecule has 1 aliphatic heterocycles. The number of carboxylic acids is 1. The number of carbonyl (C=O) groups is 1. The minimum Gasteiger partial charge on any atom is -0.481 e. The zero-order chi connectivity index (χ0) is 19.5. The fourth-order valence-electron chi connectivity index (χ4n) is 2.85. The molecule has 0 unspecified atom stereocenters. The van der Waals surface area contributed by atoms with Crippen molar-refractivity contribution in [3.63, 3.8) is 0 Å². The smallest absolute Gasteiger partial charge is 0.323 e. The average Bonchev–Trinajstić information content (AvgIpc) is 2.57. The number of hydrogen-bond acceptors (Lipinski definition) is 5. The Bertz CT molecular complexity index is 821. The highest BCUT2D eigenvalue weighted by atomic mass is 32.2. The molecule has 1 fully saturated rings. The van der Waals surface area contributed by atoms with Crippen molar-refractivity contribution >= 4 is 27.8 Å². The fourth-order valence-corrected chi connectivity index (χ4v) is 6.12. The van der Waals surface area contributed by atoms with E-state index in [1.807, 2.05) is 0 Å². The van der Waals surface area contributed by atoms with E-state index in [2.05, 4.69) is 11.8 Å². The van der Waals surface area contributed by atoms with Crippen LogP contribution in [0, 0.1) is 11.8 Å². The summed E-state index contributed by atoms with van der Waals surface area (Å²) in [5.41, 5.74) is 0. The zero-order valence-corrected chi connectivity index (χ0v) is 16.9. The van der Waals surface area contributed by atoms with Gasteiger partial charge in [0.15, 0.2) is 0 Å². The van der Waals surface area contributed by atoms with E-state index < -0.39 is 32.8 Å². The molecule has 6 nitrogen and oxygen atoms in total. The highest BCUT2D eigenvalue weighted by molar-refractivity contribution is 8.01. The Labute approximate surface area is 159 Å². The summed E-state index contributed by atoms with van der Waals surface area (Å²) in [5, 5.41) is 9.68. The summed E-state index contributed by atoms with van der Waals surface area (Å²) in [7, 11) is -3.96. The molecule has 1 N–H and O–H groups in total. The maximum absolute atomic E-state index is 13.2. The van der Waals surface area contributed by atoms with Crippen LogP contribution in [0.4, 0.5) is 0 Å². The van der Waals surface area contributed by atoms with Crippen molar-refractivity contribution in [2.75, 3.05) is 12.4 Å². The Morgan fingerprint density at radius 3 is 2.54 bits per heavy atom. The molecule has 0 aromatic heterocycles. The Morgan fingerprint density at radius 2 is 2.00 bits per heavy atom. The molecule has 8 heteroatoms. The van der Waals surface area contributed by atoms with Crippen molar-refractivity contribution in [3.05, 3.63) is 24.3 Å². The number of sulfonamides is 1. The average molecular weight is 398 g/mol. The van der Waals surface area contributed by atoms with Gasteiger partial charge >= 0.3 is 5.97 Å². The van der Waals surface area contributed by atoms with Gasteiger partial charge in [0.05, 0.1) is 4.90 Å². The van der Waals surface area contributed by atoms with Crippen molar-refractivity contribution in [2.24, 2.45) is 0 Å². The third-order valence-electron chi connectivity index (χ3n) is 4.16. The highest BCUT2D eigenvalue weighted by Crippen LogP contribution is 2.41. The molecule has 26 heavy (non-hydrogen) atoms. The first kappa shape index (κ1) is 20.6. The standard InChI is InChI=1S/C18H23NO5S2/c1-5-6-11-24-14-7-9-15(10-8-14)26(22,23)19-13(2)12-25-18(3,4)16(19)17(20)21/h7-10,13,16H,11-12H2,1-4H3,(H,20,21)/t13-,16-/m0/s1. The first-order valence-corrected chi connectivity index (χ1v) is 10.6. The van der Waals surface area contributed by atoms with Gasteiger partial charge in [0.1, 0.15) is 18.4 Å². The number of carboxylic acid groups (broad SMARTS) is 1. The van der Waals surface area contributed by atoms with E-state index in [1.165, 1.54) is 23.9 Å². The number of hydrogen-bond donors (Lipinski definition) is 1. The topological polar surface area (TPSA) is 83.9 Å². The number of nitrogens with zero attached hydrogens (tertiary/aromatic N) is 1. The van der Waals surface area contributed by atoms with Crippen LogP contribution < -0.4 is 4.74 Å². The first-order chi connectivity index (χ1) is 12.1. The molecular formula is C18H23NO5S2. The van der Waals surface area contributed by atoms with Crippen LogP contribution in [-0.4, -0.2) is 53.0 Å². The van der Waals surface area contributed by atoms with E-state index in [9.17, 15) is 18.3 Å². The monoisotopic (exact) mass is 397 g/mol. The lowest BCUT2D eigenvalue weighted by Gasteiger charge is -2.45. The van der Waals surface area contributed by atoms with Gasteiger partial charge in [-0.3, -0.25) is 4.79 Å². The lowest BCUT2D eigenvalue weighted by molar-refractivity contribution is -0.143. The van der Waals surface area contributed by atoms with Crippen LogP contribution in [-0.2, 0) is 14.8 Å². The molecule has 2 rings (SSSR count). The van der Waals surface area contributed by atoms with Gasteiger partial charge in [-0.2, -0.15) is 16.1 Å². The predicted molar refractivity (Wildman–Crippen MR) is 102 cm³/mol. The lowest BCUT2D eigenvalue weighted by Crippen LogP contribution is -2.61. The molecule has 2 atom stereocenters. The van der Waals surface area contributed by atoms with E-state index in [4.69, 9.17) is 4.74 Å². The zero-order valence-electron chi connectivity index (χ0n) is 15.2. The molecule has 1 heterocycles. The van der Waals surface area contributed by atoms with E-state index in [0.29, 0.717) is 11.5 Å². The molecule has 1 aliphatic rings. The molecular weight excluding hydrogens is 374 g/mol. The number of benzene rings is 1. The minimum atomic E-state index is -3.96. The van der Waals surface area contributed by atoms with Crippen molar-refractivity contribution in [1.29, 1.82) is 0 Å². The van der Waals surface area contributed by atoms with Crippen molar-refractivity contribution in [3.8, 4) is 17.6 Å². The van der Waals surface area contributed by atoms with Crippen molar-refractivity contribution < 1.29 is 23.1 Å². The molecule has 0 aliphatic carbocycles. The predicted octanol–water partition coefficient (Wildman–Crippen LogP) is 2.45. The second-order valence-corrected chi connectivity index (χ2v) is 10.0. The highest BCUT2D eigenvalue weighted by Gasteiger charge is 2.51. The number of thioether (sulfide) groups is 1. The summed E-state index contributed by atoms with van der Waals surface area (Å²) in [5.74, 6) is 5.36. The second-order valence-electron chi connectivity index (χ2n) is 6.53. The van der Waals surface area contributed by atoms with Crippen LogP contribution in [0.3, 0.4) is 0 Å². The normalized spacial score (nSPS) is 22.9. The molecule has 1 aromatic rings. The summed E-state index contributed by atoms with van der Waals surface area (Å²) < 4.78 is 32.1. The Balaban J connectivity index is 2.37. The lowest BCUT2D eigenvalue weighted by atomic mass is 10.0. The van der Waals surface area contributed by atoms with Gasteiger partial charge in [0.25, 0.3) is 0 Å². The number of aliphatic carboxylic acids is 1. The second kappa shape index (κ2) is 7.91. The quantitative estimate of drug-likeness (QED) is 0.769. The van der Waals surface area contributed by atoms with Crippen LogP contribution in [0.25, 0.3) is 0 Å². The molecule has 0 saturated carbocycles. The minimum absolute atomic E-state index is 0.0484. The largest absolute Gasteiger partial charge is 0.481 e. The Morgan fingerprint density at radius 1 is 1.38 bits per heavy atom. The Hall–Kier alpha value is -1.69. The number of rotatable bonds is 5. The molecule has 0 bridgehead atoms. The van der Waals surface area contributed by atoms with Crippen LogP contribution in [0.5, 0.6) is 5.75 Å². The third-order valence-corrected chi connectivity index (χ3v) is 7.77. The summed E-state index contributed by atoms with van der Waals surface area (Å²) in [6.07, 6.45) is 0. The summed E-state index contributed by atoms with van der Waals surface area (Å²) in [6, 6.07) is 4.41. The molecule has 1 aromatic carbocycles. The van der Waals surface area contributed by atoms with Crippen LogP contribution in [0.1, 0.15) is 27.7 Å². The van der Waals surface area contributed by atoms with E-state index in [-0.39, 0.29) is 11.5 Å². The molecule has 0 amide bonds. The van der Waals surface area contributed by atoms with E-state index in [1.54, 1.807) is 39.8 Å². The van der Waals surface area contributed by atoms with Crippen molar-refractivity contribution in [2.45, 2.75) is 49.4 Å². The third kappa shape index (κ3) is 4.17. The molecule has 0 radical (unpaired) electrons. The van der Waals surface area contributed by atoms with Gasteiger partial charge in [-0.1, -0.05) is 5.92 Å². The summed E-state index contributed by atoms with van der Waals surface area (Å²) in [4.78, 5) is 11.9. The Kier molecular flexibility index (Phi) is 6.27. The van der Waals surface area contributed by atoms with Gasteiger partial charge in [-0.25, -0.2) is 8.42 Å². The summed E-state index contributed by atoms with van der Waals surface area (Å²) >= 11 is 1.47. The fraction of sp³-hybridized carbons (Fsp3) is 0.500. The first-order valence-electron chi connectivity index (χ1n) is 8.14. The number of ether oxygens (including phenoxy) is 1. The molecule has 1 saturated heterocycles. The van der Waals surface area contributed by atoms with E-state index in [0.717, 1.165) is 4.31 Å². The molecule has 142 valence electrons. The van der Waals surface area contributed by atoms with Gasteiger partial charge in [-0.05, 0) is 52.0 Å².